The molecule has 0 spiro atoms. The lowest BCUT2D eigenvalue weighted by atomic mass is 10.1. The Bertz CT molecular complexity index is 1070. The van der Waals surface area contributed by atoms with Crippen LogP contribution in [-0.4, -0.2) is 57.1 Å². The molecule has 8 nitrogen and oxygen atoms in total. The van der Waals surface area contributed by atoms with Crippen LogP contribution in [0.1, 0.15) is 32.8 Å². The molecule has 0 aliphatic heterocycles. The minimum atomic E-state index is -3.87. The Morgan fingerprint density at radius 2 is 1.65 bits per heavy atom. The lowest BCUT2D eigenvalue weighted by Crippen LogP contribution is -2.53. The van der Waals surface area contributed by atoms with Crippen LogP contribution in [-0.2, 0) is 26.2 Å². The van der Waals surface area contributed by atoms with Crippen LogP contribution in [0.5, 0.6) is 5.75 Å². The van der Waals surface area contributed by atoms with Gasteiger partial charge in [0.05, 0.1) is 19.1 Å². The van der Waals surface area contributed by atoms with Crippen LogP contribution in [0.2, 0.25) is 0 Å². The lowest BCUT2D eigenvalue weighted by Gasteiger charge is -2.33. The smallest absolute Gasteiger partial charge is 0.244 e. The Balaban J connectivity index is 2.42. The number of anilines is 1. The second kappa shape index (κ2) is 11.8. The number of halogens is 1. The van der Waals surface area contributed by atoms with Gasteiger partial charge in [0.25, 0.3) is 0 Å². The standard InChI is InChI=1S/C24H32FN3O5S/c1-6-22(24(30)26-17(2)3)27(15-18-7-13-21(33-4)14-8-18)23(29)16-28(34(5,31)32)20-11-9-19(25)10-12-20/h7-14,17,22H,6,15-16H2,1-5H3,(H,26,30)/t22-/m0/s1. The number of hydrogen-bond acceptors (Lipinski definition) is 5. The zero-order valence-electron chi connectivity index (χ0n) is 20.1. The van der Waals surface area contributed by atoms with Crippen LogP contribution in [0.3, 0.4) is 0 Å². The molecule has 0 aliphatic carbocycles. The van der Waals surface area contributed by atoms with Gasteiger partial charge in [0.2, 0.25) is 21.8 Å². The summed E-state index contributed by atoms with van der Waals surface area (Å²) < 4.78 is 44.4. The summed E-state index contributed by atoms with van der Waals surface area (Å²) in [6.45, 7) is 4.98. The highest BCUT2D eigenvalue weighted by Crippen LogP contribution is 2.21. The summed E-state index contributed by atoms with van der Waals surface area (Å²) in [5, 5.41) is 2.83. The largest absolute Gasteiger partial charge is 0.497 e. The molecule has 0 bridgehead atoms. The number of carbonyl (C=O) groups excluding carboxylic acids is 2. The molecule has 0 aromatic heterocycles. The Morgan fingerprint density at radius 1 is 1.06 bits per heavy atom. The lowest BCUT2D eigenvalue weighted by molar-refractivity contribution is -0.140. The van der Waals surface area contributed by atoms with Crippen LogP contribution in [0.25, 0.3) is 0 Å². The second-order valence-electron chi connectivity index (χ2n) is 8.20. The van der Waals surface area contributed by atoms with Crippen molar-refractivity contribution < 1.29 is 27.1 Å². The molecule has 1 N–H and O–H groups in total. The first-order chi connectivity index (χ1) is 16.0. The van der Waals surface area contributed by atoms with E-state index in [-0.39, 0.29) is 24.2 Å². The van der Waals surface area contributed by atoms with Gasteiger partial charge in [-0.15, -0.1) is 0 Å². The van der Waals surface area contributed by atoms with Crippen molar-refractivity contribution in [3.05, 3.63) is 59.9 Å². The van der Waals surface area contributed by atoms with Crippen molar-refractivity contribution in [1.82, 2.24) is 10.2 Å². The fourth-order valence-electron chi connectivity index (χ4n) is 3.45. The fourth-order valence-corrected chi connectivity index (χ4v) is 4.30. The Labute approximate surface area is 200 Å². The second-order valence-corrected chi connectivity index (χ2v) is 10.1. The first-order valence-corrected chi connectivity index (χ1v) is 12.8. The van der Waals surface area contributed by atoms with E-state index in [0.29, 0.717) is 12.2 Å². The van der Waals surface area contributed by atoms with Crippen molar-refractivity contribution >= 4 is 27.5 Å². The number of amides is 2. The van der Waals surface area contributed by atoms with Crippen molar-refractivity contribution in [3.63, 3.8) is 0 Å². The normalized spacial score (nSPS) is 12.2. The maximum atomic E-state index is 13.5. The number of carbonyl (C=O) groups is 2. The van der Waals surface area contributed by atoms with E-state index >= 15 is 0 Å². The first kappa shape index (κ1) is 27.1. The van der Waals surface area contributed by atoms with Gasteiger partial charge in [-0.25, -0.2) is 12.8 Å². The highest BCUT2D eigenvalue weighted by atomic mass is 32.2. The van der Waals surface area contributed by atoms with Gasteiger partial charge in [0.15, 0.2) is 0 Å². The van der Waals surface area contributed by atoms with Crippen molar-refractivity contribution in [1.29, 1.82) is 0 Å². The summed E-state index contributed by atoms with van der Waals surface area (Å²) in [5.74, 6) is -0.768. The van der Waals surface area contributed by atoms with E-state index in [9.17, 15) is 22.4 Å². The third-order valence-electron chi connectivity index (χ3n) is 5.12. The molecule has 34 heavy (non-hydrogen) atoms. The molecule has 0 aliphatic rings. The van der Waals surface area contributed by atoms with Gasteiger partial charge in [-0.1, -0.05) is 19.1 Å². The average molecular weight is 494 g/mol. The zero-order chi connectivity index (χ0) is 25.5. The zero-order valence-corrected chi connectivity index (χ0v) is 20.9. The molecule has 10 heteroatoms. The maximum Gasteiger partial charge on any atom is 0.244 e. The van der Waals surface area contributed by atoms with Gasteiger partial charge in [-0.05, 0) is 62.2 Å². The molecular formula is C24H32FN3O5S. The molecule has 0 saturated carbocycles. The van der Waals surface area contributed by atoms with Gasteiger partial charge in [0, 0.05) is 12.6 Å². The summed E-state index contributed by atoms with van der Waals surface area (Å²) in [6.07, 6.45) is 1.30. The van der Waals surface area contributed by atoms with Crippen LogP contribution in [0, 0.1) is 5.82 Å². The molecule has 2 aromatic rings. The number of nitrogens with one attached hydrogen (secondary N) is 1. The summed E-state index contributed by atoms with van der Waals surface area (Å²) >= 11 is 0. The third-order valence-corrected chi connectivity index (χ3v) is 6.26. The summed E-state index contributed by atoms with van der Waals surface area (Å²) in [6, 6.07) is 10.9. The van der Waals surface area contributed by atoms with Crippen molar-refractivity contribution in [2.24, 2.45) is 0 Å². The monoisotopic (exact) mass is 493 g/mol. The molecule has 2 rings (SSSR count). The number of sulfonamides is 1. The SMILES string of the molecule is CC[C@@H](C(=O)NC(C)C)N(Cc1ccc(OC)cc1)C(=O)CN(c1ccc(F)cc1)S(C)(=O)=O. The number of methoxy groups -OCH3 is 1. The van der Waals surface area contributed by atoms with Gasteiger partial charge in [-0.2, -0.15) is 0 Å². The Hall–Kier alpha value is -3.14. The van der Waals surface area contributed by atoms with Gasteiger partial charge >= 0.3 is 0 Å². The summed E-state index contributed by atoms with van der Waals surface area (Å²) in [4.78, 5) is 27.8. The van der Waals surface area contributed by atoms with Crippen LogP contribution in [0.15, 0.2) is 48.5 Å². The van der Waals surface area contributed by atoms with E-state index in [4.69, 9.17) is 4.74 Å². The molecule has 186 valence electrons. The quantitative estimate of drug-likeness (QED) is 0.519. The van der Waals surface area contributed by atoms with Crippen LogP contribution >= 0.6 is 0 Å². The van der Waals surface area contributed by atoms with E-state index in [1.54, 1.807) is 38.3 Å². The predicted molar refractivity (Wildman–Crippen MR) is 129 cm³/mol. The number of rotatable bonds is 11. The fraction of sp³-hybridized carbons (Fsp3) is 0.417. The summed E-state index contributed by atoms with van der Waals surface area (Å²) in [5.41, 5.74) is 0.902. The minimum absolute atomic E-state index is 0.0911. The van der Waals surface area contributed by atoms with Crippen molar-refractivity contribution in [2.75, 3.05) is 24.2 Å². The molecule has 0 heterocycles. The van der Waals surface area contributed by atoms with Crippen LogP contribution in [0.4, 0.5) is 10.1 Å². The third kappa shape index (κ3) is 7.44. The van der Waals surface area contributed by atoms with E-state index < -0.39 is 34.3 Å². The number of hydrogen-bond donors (Lipinski definition) is 1. The molecular weight excluding hydrogens is 461 g/mol. The summed E-state index contributed by atoms with van der Waals surface area (Å²) in [7, 11) is -2.32. The van der Waals surface area contributed by atoms with E-state index in [1.807, 2.05) is 13.8 Å². The molecule has 0 saturated heterocycles. The van der Waals surface area contributed by atoms with Gasteiger partial charge in [-0.3, -0.25) is 13.9 Å². The van der Waals surface area contributed by atoms with Crippen molar-refractivity contribution in [2.45, 2.75) is 45.8 Å². The molecule has 2 amide bonds. The van der Waals surface area contributed by atoms with E-state index in [1.165, 1.54) is 17.0 Å². The van der Waals surface area contributed by atoms with Crippen LogP contribution < -0.4 is 14.4 Å². The van der Waals surface area contributed by atoms with Gasteiger partial charge < -0.3 is 15.0 Å². The maximum absolute atomic E-state index is 13.5. The van der Waals surface area contributed by atoms with Gasteiger partial charge in [0.1, 0.15) is 24.2 Å². The van der Waals surface area contributed by atoms with E-state index in [0.717, 1.165) is 28.3 Å². The molecule has 1 atom stereocenters. The Morgan fingerprint density at radius 3 is 2.12 bits per heavy atom. The van der Waals surface area contributed by atoms with E-state index in [2.05, 4.69) is 5.32 Å². The first-order valence-electron chi connectivity index (χ1n) is 10.9. The molecule has 0 unspecified atom stereocenters. The average Bonchev–Trinajstić information content (AvgIpc) is 2.77. The number of benzene rings is 2. The highest BCUT2D eigenvalue weighted by Gasteiger charge is 2.32. The topological polar surface area (TPSA) is 96.0 Å². The highest BCUT2D eigenvalue weighted by molar-refractivity contribution is 7.92. The number of ether oxygens (including phenoxy) is 1. The molecule has 0 radical (unpaired) electrons. The van der Waals surface area contributed by atoms with Crippen molar-refractivity contribution in [3.8, 4) is 5.75 Å². The number of nitrogens with zero attached hydrogens (tertiary/aromatic N) is 2. The Kier molecular flexibility index (Phi) is 9.43. The minimum Gasteiger partial charge on any atom is -0.497 e. The molecule has 0 fully saturated rings. The molecule has 2 aromatic carbocycles. The predicted octanol–water partition coefficient (Wildman–Crippen LogP) is 2.93.